The number of thiazole rings is 1. The van der Waals surface area contributed by atoms with Gasteiger partial charge in [-0.05, 0) is 25.9 Å². The number of hydrogen-bond acceptors (Lipinski definition) is 5. The molecule has 0 aliphatic carbocycles. The van der Waals surface area contributed by atoms with Crippen LogP contribution in [0, 0.1) is 11.6 Å². The summed E-state index contributed by atoms with van der Waals surface area (Å²) in [5.41, 5.74) is 1.48. The lowest BCUT2D eigenvalue weighted by Gasteiger charge is -2.20. The van der Waals surface area contributed by atoms with Crippen LogP contribution in [0.2, 0.25) is 0 Å². The molecule has 0 spiro atoms. The molecule has 1 aromatic carbocycles. The molecule has 1 aliphatic heterocycles. The molecule has 3 aromatic rings. The van der Waals surface area contributed by atoms with Crippen molar-refractivity contribution in [3.8, 4) is 0 Å². The first-order valence-corrected chi connectivity index (χ1v) is 9.72. The van der Waals surface area contributed by atoms with Gasteiger partial charge < -0.3 is 15.6 Å². The summed E-state index contributed by atoms with van der Waals surface area (Å²) in [6.45, 7) is 2.17. The number of nitrogens with zero attached hydrogens (tertiary/aromatic N) is 2. The molecule has 1 fully saturated rings. The Hall–Kier alpha value is -2.39. The minimum atomic E-state index is -0.947. The van der Waals surface area contributed by atoms with Crippen LogP contribution >= 0.6 is 11.3 Å². The Morgan fingerprint density at radius 1 is 1.22 bits per heavy atom. The highest BCUT2D eigenvalue weighted by atomic mass is 32.1. The number of piperidine rings is 1. The SMILES string of the molecule is O=C(Cc1csc(C2CCNCC2)n1)NCc1nc2cc(F)c(F)cc2[nH]1. The molecular formula is C18H19F2N5OS. The molecule has 0 unspecified atom stereocenters. The first-order valence-electron chi connectivity index (χ1n) is 8.84. The van der Waals surface area contributed by atoms with Crippen molar-refractivity contribution in [1.82, 2.24) is 25.6 Å². The second-order valence-corrected chi connectivity index (χ2v) is 7.51. The number of hydrogen-bond donors (Lipinski definition) is 3. The third kappa shape index (κ3) is 4.14. The highest BCUT2D eigenvalue weighted by Crippen LogP contribution is 2.28. The number of benzene rings is 1. The van der Waals surface area contributed by atoms with E-state index in [1.54, 1.807) is 11.3 Å². The maximum Gasteiger partial charge on any atom is 0.226 e. The summed E-state index contributed by atoms with van der Waals surface area (Å²) in [5.74, 6) is -1.14. The molecule has 142 valence electrons. The van der Waals surface area contributed by atoms with Crippen molar-refractivity contribution >= 4 is 28.3 Å². The fourth-order valence-corrected chi connectivity index (χ4v) is 4.20. The van der Waals surface area contributed by atoms with Crippen LogP contribution in [0.25, 0.3) is 11.0 Å². The molecule has 3 heterocycles. The van der Waals surface area contributed by atoms with Crippen molar-refractivity contribution in [3.05, 3.63) is 45.7 Å². The molecule has 1 aliphatic rings. The van der Waals surface area contributed by atoms with Crippen LogP contribution in [0.5, 0.6) is 0 Å². The zero-order valence-corrected chi connectivity index (χ0v) is 15.3. The number of carbonyl (C=O) groups is 1. The molecule has 3 N–H and O–H groups in total. The number of fused-ring (bicyclic) bond motifs is 1. The number of rotatable bonds is 5. The van der Waals surface area contributed by atoms with Crippen LogP contribution in [0.1, 0.15) is 35.3 Å². The monoisotopic (exact) mass is 391 g/mol. The zero-order chi connectivity index (χ0) is 18.8. The van der Waals surface area contributed by atoms with E-state index in [1.807, 2.05) is 5.38 Å². The first kappa shape index (κ1) is 18.0. The number of halogens is 2. The smallest absolute Gasteiger partial charge is 0.226 e. The molecule has 1 saturated heterocycles. The van der Waals surface area contributed by atoms with Crippen LogP contribution in [-0.4, -0.2) is 33.9 Å². The summed E-state index contributed by atoms with van der Waals surface area (Å²) >= 11 is 1.61. The van der Waals surface area contributed by atoms with Crippen LogP contribution in [-0.2, 0) is 17.8 Å². The molecule has 4 rings (SSSR count). The Bertz CT molecular complexity index is 925. The summed E-state index contributed by atoms with van der Waals surface area (Å²) in [5, 5.41) is 9.13. The van der Waals surface area contributed by atoms with Gasteiger partial charge in [-0.3, -0.25) is 4.79 Å². The number of aromatic amines is 1. The van der Waals surface area contributed by atoms with E-state index in [0.717, 1.165) is 48.8 Å². The average Bonchev–Trinajstić information content (AvgIpc) is 3.28. The molecule has 1 amide bonds. The summed E-state index contributed by atoms with van der Waals surface area (Å²) in [4.78, 5) is 23.8. The first-order chi connectivity index (χ1) is 13.1. The van der Waals surface area contributed by atoms with Crippen LogP contribution < -0.4 is 10.6 Å². The molecular weight excluding hydrogens is 372 g/mol. The molecule has 0 atom stereocenters. The third-order valence-electron chi connectivity index (χ3n) is 4.63. The second kappa shape index (κ2) is 7.69. The van der Waals surface area contributed by atoms with Crippen molar-refractivity contribution in [3.63, 3.8) is 0 Å². The van der Waals surface area contributed by atoms with Gasteiger partial charge in [-0.2, -0.15) is 0 Å². The van der Waals surface area contributed by atoms with Gasteiger partial charge in [-0.25, -0.2) is 18.7 Å². The van der Waals surface area contributed by atoms with Crippen molar-refractivity contribution in [1.29, 1.82) is 0 Å². The van der Waals surface area contributed by atoms with E-state index in [9.17, 15) is 13.6 Å². The zero-order valence-electron chi connectivity index (χ0n) is 14.5. The fraction of sp³-hybridized carbons (Fsp3) is 0.389. The molecule has 0 bridgehead atoms. The van der Waals surface area contributed by atoms with E-state index in [0.29, 0.717) is 22.8 Å². The Balaban J connectivity index is 1.34. The molecule has 6 nitrogen and oxygen atoms in total. The van der Waals surface area contributed by atoms with Crippen molar-refractivity contribution < 1.29 is 13.6 Å². The van der Waals surface area contributed by atoms with Gasteiger partial charge >= 0.3 is 0 Å². The van der Waals surface area contributed by atoms with Gasteiger partial charge in [0.05, 0.1) is 34.7 Å². The van der Waals surface area contributed by atoms with Crippen molar-refractivity contribution in [2.45, 2.75) is 31.7 Å². The number of aromatic nitrogens is 3. The van der Waals surface area contributed by atoms with Gasteiger partial charge in [-0.15, -0.1) is 11.3 Å². The lowest BCUT2D eigenvalue weighted by molar-refractivity contribution is -0.120. The predicted molar refractivity (Wildman–Crippen MR) is 98.5 cm³/mol. The quantitative estimate of drug-likeness (QED) is 0.624. The van der Waals surface area contributed by atoms with E-state index >= 15 is 0 Å². The summed E-state index contributed by atoms with van der Waals surface area (Å²) in [7, 11) is 0. The van der Waals surface area contributed by atoms with Crippen molar-refractivity contribution in [2.75, 3.05) is 13.1 Å². The normalized spacial score (nSPS) is 15.3. The topological polar surface area (TPSA) is 82.7 Å². The van der Waals surface area contributed by atoms with Gasteiger partial charge in [0.15, 0.2) is 11.6 Å². The fourth-order valence-electron chi connectivity index (χ4n) is 3.21. The minimum absolute atomic E-state index is 0.155. The highest BCUT2D eigenvalue weighted by molar-refractivity contribution is 7.09. The number of H-pyrrole nitrogens is 1. The number of imidazole rings is 1. The second-order valence-electron chi connectivity index (χ2n) is 6.62. The Morgan fingerprint density at radius 3 is 2.81 bits per heavy atom. The largest absolute Gasteiger partial charge is 0.349 e. The highest BCUT2D eigenvalue weighted by Gasteiger charge is 2.19. The molecule has 27 heavy (non-hydrogen) atoms. The predicted octanol–water partition coefficient (Wildman–Crippen LogP) is 2.62. The van der Waals surface area contributed by atoms with Gasteiger partial charge in [0.25, 0.3) is 0 Å². The van der Waals surface area contributed by atoms with E-state index in [2.05, 4.69) is 25.6 Å². The average molecular weight is 391 g/mol. The van der Waals surface area contributed by atoms with E-state index in [1.165, 1.54) is 0 Å². The number of carbonyl (C=O) groups excluding carboxylic acids is 1. The molecule has 0 saturated carbocycles. The van der Waals surface area contributed by atoms with Gasteiger partial charge in [-0.1, -0.05) is 0 Å². The van der Waals surface area contributed by atoms with Crippen molar-refractivity contribution in [2.24, 2.45) is 0 Å². The number of amides is 1. The number of nitrogens with one attached hydrogen (secondary N) is 3. The minimum Gasteiger partial charge on any atom is -0.349 e. The van der Waals surface area contributed by atoms with Crippen LogP contribution in [0.15, 0.2) is 17.5 Å². The van der Waals surface area contributed by atoms with Crippen LogP contribution in [0.4, 0.5) is 8.78 Å². The Kier molecular flexibility index (Phi) is 5.13. The van der Waals surface area contributed by atoms with E-state index in [-0.39, 0.29) is 18.9 Å². The Morgan fingerprint density at radius 2 is 2.00 bits per heavy atom. The van der Waals surface area contributed by atoms with E-state index in [4.69, 9.17) is 0 Å². The molecule has 9 heteroatoms. The van der Waals surface area contributed by atoms with Gasteiger partial charge in [0, 0.05) is 23.4 Å². The lowest BCUT2D eigenvalue weighted by atomic mass is 9.99. The summed E-state index contributed by atoms with van der Waals surface area (Å²) in [6, 6.07) is 2.09. The van der Waals surface area contributed by atoms with Crippen LogP contribution in [0.3, 0.4) is 0 Å². The lowest BCUT2D eigenvalue weighted by Crippen LogP contribution is -2.27. The third-order valence-corrected chi connectivity index (χ3v) is 5.68. The molecule has 2 aromatic heterocycles. The Labute approximate surface area is 158 Å². The standard InChI is InChI=1S/C18H19F2N5OS/c19-12-6-14-15(7-13(12)20)25-16(24-14)8-22-17(26)5-11-9-27-18(23-11)10-1-3-21-4-2-10/h6-7,9-10,21H,1-5,8H2,(H,22,26)(H,24,25). The summed E-state index contributed by atoms with van der Waals surface area (Å²) < 4.78 is 26.5. The van der Waals surface area contributed by atoms with E-state index < -0.39 is 11.6 Å². The maximum absolute atomic E-state index is 13.2. The van der Waals surface area contributed by atoms with Gasteiger partial charge in [0.1, 0.15) is 5.82 Å². The molecule has 0 radical (unpaired) electrons. The van der Waals surface area contributed by atoms with Gasteiger partial charge in [0.2, 0.25) is 5.91 Å². The maximum atomic E-state index is 13.2. The summed E-state index contributed by atoms with van der Waals surface area (Å²) in [6.07, 6.45) is 2.35.